The molecule has 0 aliphatic heterocycles. The third kappa shape index (κ3) is 3.72. The van der Waals surface area contributed by atoms with Crippen LogP contribution in [-0.2, 0) is 9.09 Å². The first-order valence-electron chi connectivity index (χ1n) is 7.47. The molecule has 2 rings (SSSR count). The van der Waals surface area contributed by atoms with Gasteiger partial charge in [-0.3, -0.25) is 4.57 Å². The van der Waals surface area contributed by atoms with Gasteiger partial charge >= 0.3 is 7.60 Å². The average molecular weight is 296 g/mol. The van der Waals surface area contributed by atoms with E-state index in [1.54, 1.807) is 24.3 Å². The first-order valence-corrected chi connectivity index (χ1v) is 9.04. The van der Waals surface area contributed by atoms with Crippen LogP contribution < -0.4 is 5.30 Å². The monoisotopic (exact) mass is 296 g/mol. The maximum absolute atomic E-state index is 12.5. The van der Waals surface area contributed by atoms with E-state index in [1.165, 1.54) is 6.42 Å². The molecule has 1 aliphatic rings. The second kappa shape index (κ2) is 6.43. The molecule has 3 nitrogen and oxygen atoms in total. The first-order chi connectivity index (χ1) is 9.40. The van der Waals surface area contributed by atoms with Crippen molar-refractivity contribution in [2.24, 2.45) is 17.8 Å². The highest BCUT2D eigenvalue weighted by Gasteiger charge is 2.36. The quantitative estimate of drug-likeness (QED) is 0.855. The Bertz CT molecular complexity index is 472. The molecular weight excluding hydrogens is 271 g/mol. The van der Waals surface area contributed by atoms with Crippen LogP contribution in [0.15, 0.2) is 30.3 Å². The Morgan fingerprint density at radius 2 is 1.90 bits per heavy atom. The summed E-state index contributed by atoms with van der Waals surface area (Å²) in [4.78, 5) is 10.3. The second-order valence-corrected chi connectivity index (χ2v) is 8.09. The fourth-order valence-corrected chi connectivity index (χ4v) is 4.38. The molecule has 0 spiro atoms. The number of hydrogen-bond acceptors (Lipinski definition) is 2. The smallest absolute Gasteiger partial charge is 0.321 e. The van der Waals surface area contributed by atoms with E-state index < -0.39 is 7.60 Å². The molecule has 0 bridgehead atoms. The summed E-state index contributed by atoms with van der Waals surface area (Å²) in [7, 11) is -3.72. The van der Waals surface area contributed by atoms with Crippen molar-refractivity contribution in [3.8, 4) is 0 Å². The van der Waals surface area contributed by atoms with Crippen LogP contribution >= 0.6 is 7.60 Å². The van der Waals surface area contributed by atoms with Crippen molar-refractivity contribution in [2.45, 2.75) is 46.1 Å². The van der Waals surface area contributed by atoms with E-state index in [0.717, 1.165) is 12.8 Å². The van der Waals surface area contributed by atoms with Crippen LogP contribution in [0.1, 0.15) is 40.0 Å². The van der Waals surface area contributed by atoms with Gasteiger partial charge in [0.2, 0.25) is 0 Å². The minimum Gasteiger partial charge on any atom is -0.321 e. The number of benzene rings is 1. The zero-order valence-electron chi connectivity index (χ0n) is 12.5. The van der Waals surface area contributed by atoms with E-state index in [0.29, 0.717) is 23.1 Å². The van der Waals surface area contributed by atoms with Crippen molar-refractivity contribution >= 4 is 12.9 Å². The van der Waals surface area contributed by atoms with Crippen molar-refractivity contribution in [3.63, 3.8) is 0 Å². The maximum Gasteiger partial charge on any atom is 0.359 e. The Balaban J connectivity index is 2.15. The second-order valence-electron chi connectivity index (χ2n) is 6.33. The topological polar surface area (TPSA) is 46.5 Å². The van der Waals surface area contributed by atoms with E-state index >= 15 is 0 Å². The maximum atomic E-state index is 12.5. The van der Waals surface area contributed by atoms with Crippen LogP contribution in [0.3, 0.4) is 0 Å². The van der Waals surface area contributed by atoms with Gasteiger partial charge in [-0.25, -0.2) is 0 Å². The van der Waals surface area contributed by atoms with Gasteiger partial charge in [0.1, 0.15) is 0 Å². The molecule has 20 heavy (non-hydrogen) atoms. The molecule has 4 atom stereocenters. The van der Waals surface area contributed by atoms with E-state index in [4.69, 9.17) is 4.52 Å². The Labute approximate surface area is 121 Å². The van der Waals surface area contributed by atoms with Gasteiger partial charge in [0.25, 0.3) is 0 Å². The van der Waals surface area contributed by atoms with E-state index in [9.17, 15) is 9.46 Å². The van der Waals surface area contributed by atoms with Crippen LogP contribution in [0.2, 0.25) is 0 Å². The highest BCUT2D eigenvalue weighted by atomic mass is 31.2. The zero-order valence-corrected chi connectivity index (χ0v) is 13.4. The minimum absolute atomic E-state index is 0.116. The fraction of sp³-hybridized carbons (Fsp3) is 0.625. The van der Waals surface area contributed by atoms with Crippen molar-refractivity contribution in [2.75, 3.05) is 0 Å². The molecule has 1 aromatic carbocycles. The molecule has 0 radical (unpaired) electrons. The summed E-state index contributed by atoms with van der Waals surface area (Å²) >= 11 is 0. The number of rotatable bonds is 4. The lowest BCUT2D eigenvalue weighted by Crippen LogP contribution is -2.34. The normalized spacial score (nSPS) is 30.1. The minimum atomic E-state index is -3.72. The van der Waals surface area contributed by atoms with Crippen LogP contribution in [0.4, 0.5) is 0 Å². The van der Waals surface area contributed by atoms with E-state index in [-0.39, 0.29) is 6.10 Å². The molecule has 1 aromatic rings. The molecule has 0 amide bonds. The average Bonchev–Trinajstić information content (AvgIpc) is 2.39. The van der Waals surface area contributed by atoms with Crippen molar-refractivity contribution in [3.05, 3.63) is 30.3 Å². The van der Waals surface area contributed by atoms with Crippen molar-refractivity contribution in [1.29, 1.82) is 0 Å². The van der Waals surface area contributed by atoms with Crippen LogP contribution in [-0.4, -0.2) is 11.0 Å². The lowest BCUT2D eigenvalue weighted by molar-refractivity contribution is 0.0402. The molecule has 0 heterocycles. The molecule has 1 N–H and O–H groups in total. The molecule has 1 saturated carbocycles. The van der Waals surface area contributed by atoms with E-state index in [2.05, 4.69) is 20.8 Å². The first kappa shape index (κ1) is 15.8. The summed E-state index contributed by atoms with van der Waals surface area (Å²) in [6, 6.07) is 8.70. The summed E-state index contributed by atoms with van der Waals surface area (Å²) < 4.78 is 18.2. The summed E-state index contributed by atoms with van der Waals surface area (Å²) in [5.74, 6) is 1.41. The Hall–Kier alpha value is -0.630. The highest BCUT2D eigenvalue weighted by molar-refractivity contribution is 7.61. The van der Waals surface area contributed by atoms with Gasteiger partial charge in [-0.2, -0.15) is 0 Å². The molecule has 1 aliphatic carbocycles. The Morgan fingerprint density at radius 3 is 2.50 bits per heavy atom. The molecule has 112 valence electrons. The molecule has 0 aromatic heterocycles. The molecular formula is C16H25O3P. The van der Waals surface area contributed by atoms with E-state index in [1.807, 2.05) is 6.07 Å². The predicted octanol–water partition coefficient (Wildman–Crippen LogP) is 3.97. The van der Waals surface area contributed by atoms with Gasteiger partial charge < -0.3 is 9.42 Å². The largest absolute Gasteiger partial charge is 0.359 e. The standard InChI is InChI=1S/C16H25O3P/c1-12(2)15-10-9-13(3)11-16(15)19-20(17,18)14-7-5-4-6-8-14/h4-8,12-13,15-16H,9-11H2,1-3H3,(H,17,18)/t13-,15+,16+/m1/s1. The predicted molar refractivity (Wildman–Crippen MR) is 82.1 cm³/mol. The van der Waals surface area contributed by atoms with Crippen molar-refractivity contribution < 1.29 is 14.0 Å². The highest BCUT2D eigenvalue weighted by Crippen LogP contribution is 2.47. The van der Waals surface area contributed by atoms with Crippen molar-refractivity contribution in [1.82, 2.24) is 0 Å². The van der Waals surface area contributed by atoms with Gasteiger partial charge in [-0.15, -0.1) is 0 Å². The SMILES string of the molecule is CC(C)[C@@H]1CC[C@@H](C)C[C@@H]1OP(=O)(O)c1ccccc1. The summed E-state index contributed by atoms with van der Waals surface area (Å²) in [6.07, 6.45) is 3.03. The Morgan fingerprint density at radius 1 is 1.25 bits per heavy atom. The van der Waals surface area contributed by atoms with Gasteiger partial charge in [-0.05, 0) is 42.7 Å². The molecule has 4 heteroatoms. The third-order valence-electron chi connectivity index (χ3n) is 4.32. The van der Waals surface area contributed by atoms with Crippen LogP contribution in [0, 0.1) is 17.8 Å². The molecule has 1 fully saturated rings. The van der Waals surface area contributed by atoms with Crippen LogP contribution in [0.25, 0.3) is 0 Å². The zero-order chi connectivity index (χ0) is 14.8. The van der Waals surface area contributed by atoms with Crippen LogP contribution in [0.5, 0.6) is 0 Å². The number of hydrogen-bond donors (Lipinski definition) is 1. The summed E-state index contributed by atoms with van der Waals surface area (Å²) in [6.45, 7) is 6.53. The molecule has 0 saturated heterocycles. The van der Waals surface area contributed by atoms with Gasteiger partial charge in [0.05, 0.1) is 11.4 Å². The van der Waals surface area contributed by atoms with Gasteiger partial charge in [0, 0.05) is 0 Å². The fourth-order valence-electron chi connectivity index (χ4n) is 3.10. The Kier molecular flexibility index (Phi) is 5.06. The summed E-state index contributed by atoms with van der Waals surface area (Å²) in [5, 5.41) is 0.390. The lowest BCUT2D eigenvalue weighted by Gasteiger charge is -2.37. The van der Waals surface area contributed by atoms with Gasteiger partial charge in [-0.1, -0.05) is 45.4 Å². The third-order valence-corrected chi connectivity index (χ3v) is 5.83. The lowest BCUT2D eigenvalue weighted by atomic mass is 9.75. The summed E-state index contributed by atoms with van der Waals surface area (Å²) in [5.41, 5.74) is 0. The van der Waals surface area contributed by atoms with Gasteiger partial charge in [0.15, 0.2) is 0 Å². The molecule has 1 unspecified atom stereocenters.